The number of hydrogen-bond donors (Lipinski definition) is 1. The Bertz CT molecular complexity index is 1840. The second-order valence-corrected chi connectivity index (χ2v) is 12.1. The van der Waals surface area contributed by atoms with Crippen LogP contribution in [0, 0.1) is 19.7 Å². The van der Waals surface area contributed by atoms with Crippen molar-refractivity contribution in [3.63, 3.8) is 0 Å². The zero-order valence-electron chi connectivity index (χ0n) is 25.4. The molecule has 0 unspecified atom stereocenters. The Morgan fingerprint density at radius 3 is 2.26 bits per heavy atom. The first kappa shape index (κ1) is 29.2. The van der Waals surface area contributed by atoms with Gasteiger partial charge in [0, 0.05) is 41.3 Å². The van der Waals surface area contributed by atoms with Gasteiger partial charge < -0.3 is 4.98 Å². The third kappa shape index (κ3) is 4.67. The number of aryl methyl sites for hydroxylation is 4. The van der Waals surface area contributed by atoms with E-state index < -0.39 is 17.3 Å². The van der Waals surface area contributed by atoms with Gasteiger partial charge in [0.05, 0.1) is 28.2 Å². The van der Waals surface area contributed by atoms with Crippen LogP contribution in [0.1, 0.15) is 72.3 Å². The number of nitrogens with one attached hydrogen (secondary N) is 1. The molecular weight excluding hydrogens is 552 g/mol. The molecular formula is C35H36F4N4. The van der Waals surface area contributed by atoms with Gasteiger partial charge in [0.2, 0.25) is 0 Å². The Kier molecular flexibility index (Phi) is 7.03. The van der Waals surface area contributed by atoms with E-state index in [9.17, 15) is 13.2 Å². The quantitative estimate of drug-likeness (QED) is 0.201. The van der Waals surface area contributed by atoms with Gasteiger partial charge in [-0.1, -0.05) is 38.1 Å². The minimum Gasteiger partial charge on any atom is -0.361 e. The average Bonchev–Trinajstić information content (AvgIpc) is 3.64. The lowest BCUT2D eigenvalue weighted by Gasteiger charge is -2.32. The van der Waals surface area contributed by atoms with E-state index in [0.29, 0.717) is 24.2 Å². The maximum absolute atomic E-state index is 16.2. The summed E-state index contributed by atoms with van der Waals surface area (Å²) in [6, 6.07) is 13.7. The van der Waals surface area contributed by atoms with Crippen LogP contribution >= 0.6 is 0 Å². The fraction of sp³-hybridized carbons (Fsp3) is 0.343. The molecule has 1 N–H and O–H groups in total. The molecule has 2 aromatic heterocycles. The molecule has 43 heavy (non-hydrogen) atoms. The predicted octanol–water partition coefficient (Wildman–Crippen LogP) is 9.17. The van der Waals surface area contributed by atoms with E-state index in [0.717, 1.165) is 74.7 Å². The molecule has 5 aromatic rings. The second-order valence-electron chi connectivity index (χ2n) is 12.1. The average molecular weight is 589 g/mol. The van der Waals surface area contributed by atoms with Gasteiger partial charge in [0.15, 0.2) is 0 Å². The SMILES string of the molecule is CCc1cccc(CC)c1-n1nc2c(c1-c1c(F)cc(C)c3[nH]ccc13)CN(Cc1ccc(C(F)(F)F)cc1C)C2(C)C. The number of alkyl halides is 3. The highest BCUT2D eigenvalue weighted by atomic mass is 19.4. The topological polar surface area (TPSA) is 36.9 Å². The minimum atomic E-state index is -4.39. The van der Waals surface area contributed by atoms with Crippen molar-refractivity contribution in [1.29, 1.82) is 0 Å². The number of halogens is 4. The number of fused-ring (bicyclic) bond motifs is 2. The molecule has 0 saturated heterocycles. The number of para-hydroxylation sites is 1. The van der Waals surface area contributed by atoms with E-state index in [1.807, 2.05) is 23.9 Å². The van der Waals surface area contributed by atoms with E-state index in [1.54, 1.807) is 19.1 Å². The van der Waals surface area contributed by atoms with Crippen molar-refractivity contribution in [2.45, 2.75) is 79.2 Å². The van der Waals surface area contributed by atoms with Crippen LogP contribution in [0.15, 0.2) is 54.7 Å². The molecule has 4 nitrogen and oxygen atoms in total. The molecule has 0 spiro atoms. The summed E-state index contributed by atoms with van der Waals surface area (Å²) >= 11 is 0. The van der Waals surface area contributed by atoms with Crippen molar-refractivity contribution in [2.24, 2.45) is 0 Å². The number of aromatic amines is 1. The van der Waals surface area contributed by atoms with Gasteiger partial charge in [0.1, 0.15) is 5.82 Å². The molecule has 0 atom stereocenters. The molecule has 0 amide bonds. The lowest BCUT2D eigenvalue weighted by molar-refractivity contribution is -0.137. The summed E-state index contributed by atoms with van der Waals surface area (Å²) in [6.07, 6.45) is -0.959. The van der Waals surface area contributed by atoms with Gasteiger partial charge in [-0.3, -0.25) is 4.90 Å². The number of nitrogens with zero attached hydrogens (tertiary/aromatic N) is 3. The number of rotatable bonds is 6. The van der Waals surface area contributed by atoms with Crippen LogP contribution in [-0.4, -0.2) is 19.7 Å². The maximum atomic E-state index is 16.2. The molecule has 0 saturated carbocycles. The summed E-state index contributed by atoms with van der Waals surface area (Å²) in [6.45, 7) is 12.9. The van der Waals surface area contributed by atoms with Crippen LogP contribution in [0.5, 0.6) is 0 Å². The number of H-pyrrole nitrogens is 1. The number of aromatic nitrogens is 3. The van der Waals surface area contributed by atoms with Gasteiger partial charge in [0.25, 0.3) is 0 Å². The molecule has 224 valence electrons. The van der Waals surface area contributed by atoms with Crippen molar-refractivity contribution in [2.75, 3.05) is 0 Å². The molecule has 0 radical (unpaired) electrons. The summed E-state index contributed by atoms with van der Waals surface area (Å²) in [7, 11) is 0. The van der Waals surface area contributed by atoms with Crippen LogP contribution in [0.4, 0.5) is 17.6 Å². The fourth-order valence-corrected chi connectivity index (χ4v) is 6.65. The van der Waals surface area contributed by atoms with Gasteiger partial charge >= 0.3 is 6.18 Å². The third-order valence-corrected chi connectivity index (χ3v) is 9.14. The summed E-state index contributed by atoms with van der Waals surface area (Å²) in [5.41, 5.74) is 8.18. The zero-order valence-corrected chi connectivity index (χ0v) is 25.4. The van der Waals surface area contributed by atoms with Crippen molar-refractivity contribution in [3.05, 3.63) is 105 Å². The Balaban J connectivity index is 1.56. The van der Waals surface area contributed by atoms with E-state index in [1.165, 1.54) is 6.07 Å². The molecule has 1 aliphatic heterocycles. The summed E-state index contributed by atoms with van der Waals surface area (Å²) < 4.78 is 58.2. The van der Waals surface area contributed by atoms with E-state index >= 15 is 4.39 Å². The smallest absolute Gasteiger partial charge is 0.361 e. The van der Waals surface area contributed by atoms with Gasteiger partial charge in [-0.05, 0) is 92.6 Å². The highest BCUT2D eigenvalue weighted by Gasteiger charge is 2.44. The largest absolute Gasteiger partial charge is 0.416 e. The zero-order chi connectivity index (χ0) is 30.8. The van der Waals surface area contributed by atoms with E-state index in [2.05, 4.69) is 55.8 Å². The molecule has 0 fully saturated rings. The van der Waals surface area contributed by atoms with Crippen LogP contribution in [0.2, 0.25) is 0 Å². The summed E-state index contributed by atoms with van der Waals surface area (Å²) in [5, 5.41) is 6.07. The Hall–Kier alpha value is -3.91. The molecule has 3 aromatic carbocycles. The van der Waals surface area contributed by atoms with Crippen molar-refractivity contribution in [3.8, 4) is 16.9 Å². The Morgan fingerprint density at radius 2 is 1.63 bits per heavy atom. The van der Waals surface area contributed by atoms with E-state index in [-0.39, 0.29) is 5.82 Å². The van der Waals surface area contributed by atoms with Gasteiger partial charge in [-0.2, -0.15) is 18.3 Å². The first-order valence-electron chi connectivity index (χ1n) is 14.8. The Labute approximate surface area is 249 Å². The Morgan fingerprint density at radius 1 is 0.930 bits per heavy atom. The minimum absolute atomic E-state index is 0.310. The van der Waals surface area contributed by atoms with Crippen LogP contribution < -0.4 is 0 Å². The van der Waals surface area contributed by atoms with Gasteiger partial charge in [-0.15, -0.1) is 0 Å². The predicted molar refractivity (Wildman–Crippen MR) is 163 cm³/mol. The standard InChI is InChI=1S/C35H36F4N4/c1-7-22-10-9-11-23(8-2)31(22)43-32(29-26-14-15-40-30(26)21(4)17-28(29)36)27-19-42(34(5,6)33(27)41-43)18-24-12-13-25(16-20(24)3)35(37,38)39/h9-17,40H,7-8,18-19H2,1-6H3. The highest BCUT2D eigenvalue weighted by Crippen LogP contribution is 2.47. The third-order valence-electron chi connectivity index (χ3n) is 9.14. The van der Waals surface area contributed by atoms with Gasteiger partial charge in [-0.25, -0.2) is 9.07 Å². The lowest BCUT2D eigenvalue weighted by Crippen LogP contribution is -2.36. The molecule has 0 bridgehead atoms. The summed E-state index contributed by atoms with van der Waals surface area (Å²) in [4.78, 5) is 5.50. The molecule has 0 aliphatic carbocycles. The highest BCUT2D eigenvalue weighted by molar-refractivity contribution is 5.97. The number of hydrogen-bond acceptors (Lipinski definition) is 2. The van der Waals surface area contributed by atoms with E-state index in [4.69, 9.17) is 5.10 Å². The monoisotopic (exact) mass is 588 g/mol. The normalized spacial score (nSPS) is 15.0. The van der Waals surface area contributed by atoms with Crippen LogP contribution in [-0.2, 0) is 37.6 Å². The van der Waals surface area contributed by atoms with Crippen LogP contribution in [0.3, 0.4) is 0 Å². The summed E-state index contributed by atoms with van der Waals surface area (Å²) in [5.74, 6) is -0.310. The maximum Gasteiger partial charge on any atom is 0.416 e. The molecule has 3 heterocycles. The molecule has 6 rings (SSSR count). The van der Waals surface area contributed by atoms with Crippen molar-refractivity contribution >= 4 is 10.9 Å². The molecule has 8 heteroatoms. The van der Waals surface area contributed by atoms with Crippen molar-refractivity contribution < 1.29 is 17.6 Å². The van der Waals surface area contributed by atoms with Crippen molar-refractivity contribution in [1.82, 2.24) is 19.7 Å². The second kappa shape index (κ2) is 10.4. The first-order chi connectivity index (χ1) is 20.4. The first-order valence-corrected chi connectivity index (χ1v) is 14.8. The fourth-order valence-electron chi connectivity index (χ4n) is 6.65. The molecule has 1 aliphatic rings. The lowest BCUT2D eigenvalue weighted by atomic mass is 9.95. The van der Waals surface area contributed by atoms with Crippen LogP contribution in [0.25, 0.3) is 27.8 Å². The number of benzene rings is 3.